The van der Waals surface area contributed by atoms with Crippen molar-refractivity contribution in [3.63, 3.8) is 0 Å². The predicted molar refractivity (Wildman–Crippen MR) is 74.7 cm³/mol. The lowest BCUT2D eigenvalue weighted by Crippen LogP contribution is -2.28. The van der Waals surface area contributed by atoms with Crippen LogP contribution in [0.25, 0.3) is 0 Å². The highest BCUT2D eigenvalue weighted by Crippen LogP contribution is 2.29. The van der Waals surface area contributed by atoms with Crippen molar-refractivity contribution in [2.75, 3.05) is 0 Å². The molecule has 2 aromatic rings. The first-order chi connectivity index (χ1) is 9.11. The largest absolute Gasteiger partial charge is 0.488 e. The van der Waals surface area contributed by atoms with E-state index in [1.54, 1.807) is 10.6 Å². The minimum atomic E-state index is 0.0377. The van der Waals surface area contributed by atoms with Crippen LogP contribution in [-0.2, 0) is 13.0 Å². The Bertz CT molecular complexity index is 673. The lowest BCUT2D eigenvalue weighted by Gasteiger charge is -2.12. The molecule has 0 aliphatic carbocycles. The van der Waals surface area contributed by atoms with Crippen LogP contribution in [0.3, 0.4) is 0 Å². The molecule has 1 aliphatic rings. The molecule has 0 fully saturated rings. The van der Waals surface area contributed by atoms with E-state index in [-0.39, 0.29) is 11.7 Å². The molecule has 0 spiro atoms. The molecule has 1 aromatic heterocycles. The van der Waals surface area contributed by atoms with E-state index in [1.165, 1.54) is 11.1 Å². The number of benzene rings is 1. The van der Waals surface area contributed by atoms with E-state index < -0.39 is 0 Å². The van der Waals surface area contributed by atoms with Crippen molar-refractivity contribution in [1.29, 1.82) is 0 Å². The quantitative estimate of drug-likeness (QED) is 0.825. The highest BCUT2D eigenvalue weighted by molar-refractivity contribution is 5.40. The molecule has 0 N–H and O–H groups in total. The molecule has 98 valence electrons. The normalized spacial score (nSPS) is 17.1. The van der Waals surface area contributed by atoms with Gasteiger partial charge in [0.25, 0.3) is 5.56 Å². The summed E-state index contributed by atoms with van der Waals surface area (Å²) in [6.07, 6.45) is 2.77. The smallest absolute Gasteiger partial charge is 0.250 e. The monoisotopic (exact) mass is 255 g/mol. The van der Waals surface area contributed by atoms with Crippen LogP contribution in [0.1, 0.15) is 16.7 Å². The molecule has 1 unspecified atom stereocenters. The van der Waals surface area contributed by atoms with Crippen molar-refractivity contribution < 1.29 is 4.74 Å². The maximum atomic E-state index is 11.9. The molecule has 3 rings (SSSR count). The Hall–Kier alpha value is -2.03. The zero-order valence-corrected chi connectivity index (χ0v) is 11.2. The van der Waals surface area contributed by atoms with Crippen molar-refractivity contribution in [2.45, 2.75) is 32.9 Å². The van der Waals surface area contributed by atoms with Crippen molar-refractivity contribution in [1.82, 2.24) is 4.57 Å². The zero-order chi connectivity index (χ0) is 13.4. The van der Waals surface area contributed by atoms with Crippen LogP contribution in [0.15, 0.2) is 41.3 Å². The minimum absolute atomic E-state index is 0.0377. The molecule has 3 heteroatoms. The Morgan fingerprint density at radius 2 is 2.00 bits per heavy atom. The van der Waals surface area contributed by atoms with E-state index in [4.69, 9.17) is 4.74 Å². The highest BCUT2D eigenvalue weighted by atomic mass is 16.5. The molecule has 3 nitrogen and oxygen atoms in total. The summed E-state index contributed by atoms with van der Waals surface area (Å²) >= 11 is 0. The third-order valence-corrected chi connectivity index (χ3v) is 3.51. The number of nitrogens with zero attached hydrogens (tertiary/aromatic N) is 1. The number of fused-ring (bicyclic) bond motifs is 1. The van der Waals surface area contributed by atoms with E-state index in [0.29, 0.717) is 6.54 Å². The first kappa shape index (κ1) is 12.0. The van der Waals surface area contributed by atoms with Gasteiger partial charge < -0.3 is 9.30 Å². The Balaban J connectivity index is 1.78. The van der Waals surface area contributed by atoms with Crippen LogP contribution in [0.4, 0.5) is 0 Å². The maximum absolute atomic E-state index is 11.9. The Labute approximate surface area is 112 Å². The van der Waals surface area contributed by atoms with Gasteiger partial charge in [-0.05, 0) is 37.1 Å². The second-order valence-corrected chi connectivity index (χ2v) is 5.25. The van der Waals surface area contributed by atoms with Gasteiger partial charge in [-0.3, -0.25) is 4.79 Å². The molecule has 0 radical (unpaired) electrons. The number of hydrogen-bond acceptors (Lipinski definition) is 2. The van der Waals surface area contributed by atoms with Crippen molar-refractivity contribution in [3.05, 3.63) is 63.6 Å². The van der Waals surface area contributed by atoms with Gasteiger partial charge in [-0.15, -0.1) is 0 Å². The average Bonchev–Trinajstić information content (AvgIpc) is 2.74. The first-order valence-electron chi connectivity index (χ1n) is 6.55. The number of ether oxygens (including phenoxy) is 1. The summed E-state index contributed by atoms with van der Waals surface area (Å²) in [5.41, 5.74) is 3.52. The molecule has 1 aromatic carbocycles. The van der Waals surface area contributed by atoms with Gasteiger partial charge in [-0.1, -0.05) is 17.7 Å². The van der Waals surface area contributed by atoms with Crippen LogP contribution < -0.4 is 10.3 Å². The van der Waals surface area contributed by atoms with E-state index in [1.807, 2.05) is 25.3 Å². The predicted octanol–water partition coefficient (Wildman–Crippen LogP) is 2.47. The molecule has 0 bridgehead atoms. The van der Waals surface area contributed by atoms with Crippen molar-refractivity contribution in [3.8, 4) is 5.75 Å². The number of aryl methyl sites for hydroxylation is 2. The van der Waals surface area contributed by atoms with Gasteiger partial charge in [-0.2, -0.15) is 0 Å². The second-order valence-electron chi connectivity index (χ2n) is 5.25. The Kier molecular flexibility index (Phi) is 2.90. The third-order valence-electron chi connectivity index (χ3n) is 3.51. The molecule has 2 heterocycles. The summed E-state index contributed by atoms with van der Waals surface area (Å²) in [5, 5.41) is 0. The van der Waals surface area contributed by atoms with Gasteiger partial charge in [0, 0.05) is 18.7 Å². The van der Waals surface area contributed by atoms with E-state index in [9.17, 15) is 4.79 Å². The van der Waals surface area contributed by atoms with E-state index >= 15 is 0 Å². The molecule has 19 heavy (non-hydrogen) atoms. The van der Waals surface area contributed by atoms with Gasteiger partial charge in [0.05, 0.1) is 6.54 Å². The van der Waals surface area contributed by atoms with Crippen LogP contribution in [-0.4, -0.2) is 10.7 Å². The van der Waals surface area contributed by atoms with Crippen molar-refractivity contribution >= 4 is 0 Å². The highest BCUT2D eigenvalue weighted by Gasteiger charge is 2.23. The van der Waals surface area contributed by atoms with Crippen LogP contribution in [0.2, 0.25) is 0 Å². The van der Waals surface area contributed by atoms with Crippen LogP contribution >= 0.6 is 0 Å². The first-order valence-corrected chi connectivity index (χ1v) is 6.55. The average molecular weight is 255 g/mol. The number of pyridine rings is 1. The molecule has 0 amide bonds. The number of rotatable bonds is 2. The molecule has 1 aliphatic heterocycles. The molecule has 0 saturated carbocycles. The minimum Gasteiger partial charge on any atom is -0.488 e. The number of aromatic nitrogens is 1. The summed E-state index contributed by atoms with van der Waals surface area (Å²) in [6, 6.07) is 9.84. The fraction of sp³-hybridized carbons (Fsp3) is 0.312. The topological polar surface area (TPSA) is 31.2 Å². The van der Waals surface area contributed by atoms with Crippen LogP contribution in [0, 0.1) is 13.8 Å². The Morgan fingerprint density at radius 1 is 1.21 bits per heavy atom. The summed E-state index contributed by atoms with van der Waals surface area (Å²) in [6.45, 7) is 4.61. The maximum Gasteiger partial charge on any atom is 0.250 e. The van der Waals surface area contributed by atoms with E-state index in [0.717, 1.165) is 17.7 Å². The van der Waals surface area contributed by atoms with Gasteiger partial charge in [0.2, 0.25) is 0 Å². The molecular weight excluding hydrogens is 238 g/mol. The molecule has 0 saturated heterocycles. The molecular formula is C16H17NO2. The third kappa shape index (κ3) is 2.41. The second kappa shape index (κ2) is 4.57. The summed E-state index contributed by atoms with van der Waals surface area (Å²) in [5.74, 6) is 0.954. The SMILES string of the molecule is Cc1ccc2c(c1)CC(Cn1ccc(C)cc1=O)O2. The fourth-order valence-corrected chi connectivity index (χ4v) is 2.53. The lowest BCUT2D eigenvalue weighted by atomic mass is 10.1. The van der Waals surface area contributed by atoms with Crippen LogP contribution in [0.5, 0.6) is 5.75 Å². The van der Waals surface area contributed by atoms with Gasteiger partial charge in [0.1, 0.15) is 11.9 Å². The van der Waals surface area contributed by atoms with Gasteiger partial charge in [0.15, 0.2) is 0 Å². The Morgan fingerprint density at radius 3 is 2.79 bits per heavy atom. The number of hydrogen-bond donors (Lipinski definition) is 0. The van der Waals surface area contributed by atoms with Gasteiger partial charge in [-0.25, -0.2) is 0 Å². The fourth-order valence-electron chi connectivity index (χ4n) is 2.53. The molecule has 1 atom stereocenters. The summed E-state index contributed by atoms with van der Waals surface area (Å²) in [4.78, 5) is 11.9. The summed E-state index contributed by atoms with van der Waals surface area (Å²) < 4.78 is 7.61. The standard InChI is InChI=1S/C16H17NO2/c1-11-3-4-15-13(7-11)9-14(19-15)10-17-6-5-12(2)8-16(17)18/h3-8,14H,9-10H2,1-2H3. The summed E-state index contributed by atoms with van der Waals surface area (Å²) in [7, 11) is 0. The van der Waals surface area contributed by atoms with Gasteiger partial charge >= 0.3 is 0 Å². The van der Waals surface area contributed by atoms with Crippen molar-refractivity contribution in [2.24, 2.45) is 0 Å². The lowest BCUT2D eigenvalue weighted by molar-refractivity contribution is 0.207. The zero-order valence-electron chi connectivity index (χ0n) is 11.2. The van der Waals surface area contributed by atoms with E-state index in [2.05, 4.69) is 19.1 Å².